The largest absolute Gasteiger partial charge is 0.394 e. The summed E-state index contributed by atoms with van der Waals surface area (Å²) < 4.78 is 0. The third-order valence-corrected chi connectivity index (χ3v) is 1.31. The van der Waals surface area contributed by atoms with Crippen molar-refractivity contribution >= 4 is 5.96 Å². The molecule has 1 fully saturated rings. The van der Waals surface area contributed by atoms with Crippen LogP contribution >= 0.6 is 0 Å². The molecule has 1 rings (SSSR count). The van der Waals surface area contributed by atoms with E-state index in [1.807, 2.05) is 0 Å². The van der Waals surface area contributed by atoms with Crippen LogP contribution in [0.2, 0.25) is 0 Å². The number of aliphatic imine (C=N–C) groups is 1. The van der Waals surface area contributed by atoms with Crippen LogP contribution in [0, 0.1) is 0 Å². The summed E-state index contributed by atoms with van der Waals surface area (Å²) in [6.07, 6.45) is 2.38. The Morgan fingerprint density at radius 3 is 2.90 bits per heavy atom. The van der Waals surface area contributed by atoms with Gasteiger partial charge in [0.1, 0.15) is 0 Å². The SMILES string of the molecule is NC(=NCCO)NC1CC1. The van der Waals surface area contributed by atoms with E-state index in [0.29, 0.717) is 18.5 Å². The maximum absolute atomic E-state index is 8.37. The van der Waals surface area contributed by atoms with Gasteiger partial charge in [0.05, 0.1) is 13.2 Å². The summed E-state index contributed by atoms with van der Waals surface area (Å²) >= 11 is 0. The first-order chi connectivity index (χ1) is 4.83. The van der Waals surface area contributed by atoms with E-state index in [0.717, 1.165) is 0 Å². The first-order valence-electron chi connectivity index (χ1n) is 3.50. The van der Waals surface area contributed by atoms with Crippen LogP contribution in [0.1, 0.15) is 12.8 Å². The van der Waals surface area contributed by atoms with E-state index < -0.39 is 0 Å². The van der Waals surface area contributed by atoms with E-state index in [-0.39, 0.29) is 6.61 Å². The molecule has 58 valence electrons. The molecule has 0 radical (unpaired) electrons. The Morgan fingerprint density at radius 1 is 1.70 bits per heavy atom. The van der Waals surface area contributed by atoms with Crippen LogP contribution in [-0.4, -0.2) is 30.3 Å². The van der Waals surface area contributed by atoms with Gasteiger partial charge in [0.25, 0.3) is 0 Å². The summed E-state index contributed by atoms with van der Waals surface area (Å²) in [6.45, 7) is 0.457. The van der Waals surface area contributed by atoms with Crippen molar-refractivity contribution in [1.29, 1.82) is 0 Å². The molecular formula is C6H13N3O. The van der Waals surface area contributed by atoms with Crippen molar-refractivity contribution in [3.63, 3.8) is 0 Å². The highest BCUT2D eigenvalue weighted by Gasteiger charge is 2.20. The first kappa shape index (κ1) is 7.34. The third-order valence-electron chi connectivity index (χ3n) is 1.31. The number of hydrogen-bond acceptors (Lipinski definition) is 2. The Morgan fingerprint density at radius 2 is 2.40 bits per heavy atom. The highest BCUT2D eigenvalue weighted by atomic mass is 16.3. The molecule has 0 heterocycles. The van der Waals surface area contributed by atoms with Crippen molar-refractivity contribution in [2.24, 2.45) is 10.7 Å². The van der Waals surface area contributed by atoms with Gasteiger partial charge in [-0.3, -0.25) is 4.99 Å². The normalized spacial score (nSPS) is 19.1. The lowest BCUT2D eigenvalue weighted by Crippen LogP contribution is -2.33. The van der Waals surface area contributed by atoms with E-state index in [9.17, 15) is 0 Å². The molecular weight excluding hydrogens is 130 g/mol. The molecule has 1 aliphatic carbocycles. The van der Waals surface area contributed by atoms with Gasteiger partial charge in [0.15, 0.2) is 5.96 Å². The van der Waals surface area contributed by atoms with Crippen LogP contribution in [-0.2, 0) is 0 Å². The maximum atomic E-state index is 8.37. The molecule has 4 N–H and O–H groups in total. The van der Waals surface area contributed by atoms with Gasteiger partial charge in [-0.25, -0.2) is 0 Å². The molecule has 0 saturated heterocycles. The molecule has 0 aromatic rings. The zero-order chi connectivity index (χ0) is 7.40. The van der Waals surface area contributed by atoms with Crippen LogP contribution in [0.3, 0.4) is 0 Å². The topological polar surface area (TPSA) is 70.6 Å². The fraction of sp³-hybridized carbons (Fsp3) is 0.833. The molecule has 4 heteroatoms. The van der Waals surface area contributed by atoms with E-state index in [1.165, 1.54) is 12.8 Å². The second-order valence-corrected chi connectivity index (χ2v) is 2.41. The Bertz CT molecular complexity index is 131. The monoisotopic (exact) mass is 143 g/mol. The quantitative estimate of drug-likeness (QED) is 0.352. The molecule has 0 atom stereocenters. The summed E-state index contributed by atoms with van der Waals surface area (Å²) in [5.74, 6) is 0.455. The highest BCUT2D eigenvalue weighted by molar-refractivity contribution is 5.78. The van der Waals surface area contributed by atoms with Crippen LogP contribution in [0.25, 0.3) is 0 Å². The third kappa shape index (κ3) is 2.68. The molecule has 0 unspecified atom stereocenters. The van der Waals surface area contributed by atoms with Crippen LogP contribution < -0.4 is 11.1 Å². The minimum atomic E-state index is 0.0625. The van der Waals surface area contributed by atoms with Gasteiger partial charge in [0.2, 0.25) is 0 Å². The standard InChI is InChI=1S/C6H13N3O/c7-6(8-3-4-10)9-5-1-2-5/h5,10H,1-4H2,(H3,7,8,9). The molecule has 0 aromatic heterocycles. The number of aliphatic hydroxyl groups is 1. The Hall–Kier alpha value is -0.770. The zero-order valence-corrected chi connectivity index (χ0v) is 5.88. The van der Waals surface area contributed by atoms with Crippen molar-refractivity contribution in [1.82, 2.24) is 5.32 Å². The highest BCUT2D eigenvalue weighted by Crippen LogP contribution is 2.17. The van der Waals surface area contributed by atoms with Crippen LogP contribution in [0.4, 0.5) is 0 Å². The van der Waals surface area contributed by atoms with E-state index in [4.69, 9.17) is 10.8 Å². The average Bonchev–Trinajstić information content (AvgIpc) is 2.67. The second-order valence-electron chi connectivity index (χ2n) is 2.41. The number of nitrogens with zero attached hydrogens (tertiary/aromatic N) is 1. The smallest absolute Gasteiger partial charge is 0.188 e. The summed E-state index contributed by atoms with van der Waals surface area (Å²) in [5.41, 5.74) is 5.43. The summed E-state index contributed by atoms with van der Waals surface area (Å²) in [4.78, 5) is 3.86. The van der Waals surface area contributed by atoms with Crippen molar-refractivity contribution in [2.45, 2.75) is 18.9 Å². The number of nitrogens with two attached hydrogens (primary N) is 1. The molecule has 10 heavy (non-hydrogen) atoms. The Balaban J connectivity index is 2.11. The predicted molar refractivity (Wildman–Crippen MR) is 39.7 cm³/mol. The summed E-state index contributed by atoms with van der Waals surface area (Å²) in [7, 11) is 0. The van der Waals surface area contributed by atoms with Gasteiger partial charge >= 0.3 is 0 Å². The van der Waals surface area contributed by atoms with Gasteiger partial charge in [0, 0.05) is 6.04 Å². The molecule has 1 saturated carbocycles. The van der Waals surface area contributed by atoms with Gasteiger partial charge in [-0.15, -0.1) is 0 Å². The molecule has 0 aromatic carbocycles. The van der Waals surface area contributed by atoms with Crippen molar-refractivity contribution < 1.29 is 5.11 Å². The average molecular weight is 143 g/mol. The van der Waals surface area contributed by atoms with E-state index in [1.54, 1.807) is 0 Å². The number of rotatable bonds is 3. The summed E-state index contributed by atoms with van der Waals surface area (Å²) in [6, 6.07) is 0.544. The molecule has 0 amide bonds. The number of guanidine groups is 1. The fourth-order valence-electron chi connectivity index (χ4n) is 0.653. The molecule has 4 nitrogen and oxygen atoms in total. The zero-order valence-electron chi connectivity index (χ0n) is 5.88. The van der Waals surface area contributed by atoms with E-state index in [2.05, 4.69) is 10.3 Å². The minimum Gasteiger partial charge on any atom is -0.394 e. The van der Waals surface area contributed by atoms with Crippen molar-refractivity contribution in [3.8, 4) is 0 Å². The predicted octanol–water partition coefficient (Wildman–Crippen LogP) is -0.955. The van der Waals surface area contributed by atoms with Gasteiger partial charge < -0.3 is 16.2 Å². The first-order valence-corrected chi connectivity index (χ1v) is 3.50. The number of hydrogen-bond donors (Lipinski definition) is 3. The molecule has 0 spiro atoms. The van der Waals surface area contributed by atoms with Crippen LogP contribution in [0.15, 0.2) is 4.99 Å². The van der Waals surface area contributed by atoms with Gasteiger partial charge in [-0.2, -0.15) is 0 Å². The Kier molecular flexibility index (Phi) is 2.50. The van der Waals surface area contributed by atoms with Gasteiger partial charge in [-0.05, 0) is 12.8 Å². The lowest BCUT2D eigenvalue weighted by atomic mass is 10.6. The summed E-state index contributed by atoms with van der Waals surface area (Å²) in [5, 5.41) is 11.4. The van der Waals surface area contributed by atoms with Crippen molar-refractivity contribution in [2.75, 3.05) is 13.2 Å². The van der Waals surface area contributed by atoms with Crippen molar-refractivity contribution in [3.05, 3.63) is 0 Å². The molecule has 0 bridgehead atoms. The van der Waals surface area contributed by atoms with Gasteiger partial charge in [-0.1, -0.05) is 0 Å². The lowest BCUT2D eigenvalue weighted by Gasteiger charge is -2.00. The van der Waals surface area contributed by atoms with E-state index >= 15 is 0 Å². The second kappa shape index (κ2) is 3.41. The number of aliphatic hydroxyl groups excluding tert-OH is 1. The minimum absolute atomic E-state index is 0.0625. The Labute approximate surface area is 60.1 Å². The molecule has 1 aliphatic rings. The van der Waals surface area contributed by atoms with Crippen LogP contribution in [0.5, 0.6) is 0 Å². The number of nitrogens with one attached hydrogen (secondary N) is 1. The maximum Gasteiger partial charge on any atom is 0.188 e. The fourth-order valence-corrected chi connectivity index (χ4v) is 0.653. The lowest BCUT2D eigenvalue weighted by molar-refractivity contribution is 0.306. The molecule has 0 aliphatic heterocycles.